The van der Waals surface area contributed by atoms with Crippen molar-refractivity contribution in [3.05, 3.63) is 136 Å². The molecule has 0 saturated heterocycles. The van der Waals surface area contributed by atoms with Gasteiger partial charge in [0.1, 0.15) is 11.5 Å². The fraction of sp³-hybridized carbons (Fsp3) is 0.423. The molecule has 1 heterocycles. The van der Waals surface area contributed by atoms with Crippen molar-refractivity contribution in [1.82, 2.24) is 0 Å². The Labute approximate surface area is 336 Å². The fourth-order valence-corrected chi connectivity index (χ4v) is 9.16. The molecule has 7 rings (SSSR count). The molecule has 1 aliphatic heterocycles. The number of hydrogen-bond acceptors (Lipinski definition) is 4. The van der Waals surface area contributed by atoms with Crippen molar-refractivity contribution in [2.75, 3.05) is 33.5 Å². The molecule has 56 heavy (non-hydrogen) atoms. The van der Waals surface area contributed by atoms with Crippen molar-refractivity contribution in [3.8, 4) is 22.6 Å². The highest BCUT2D eigenvalue weighted by Crippen LogP contribution is 2.60. The fourth-order valence-electron chi connectivity index (χ4n) is 9.16. The van der Waals surface area contributed by atoms with Gasteiger partial charge in [-0.3, -0.25) is 0 Å². The predicted molar refractivity (Wildman–Crippen MR) is 233 cm³/mol. The van der Waals surface area contributed by atoms with Crippen LogP contribution < -0.4 is 9.47 Å². The summed E-state index contributed by atoms with van der Waals surface area (Å²) in [5.41, 5.74) is 11.3. The Morgan fingerprint density at radius 3 is 1.80 bits per heavy atom. The first-order valence-corrected chi connectivity index (χ1v) is 21.3. The normalized spacial score (nSPS) is 16.4. The minimum atomic E-state index is -0.841. The molecular weight excluding hydrogens is 689 g/mol. The molecule has 0 spiro atoms. The van der Waals surface area contributed by atoms with E-state index in [0.717, 1.165) is 66.9 Å². The van der Waals surface area contributed by atoms with Crippen LogP contribution in [-0.4, -0.2) is 33.5 Å². The average Bonchev–Trinajstić information content (AvgIpc) is 3.49. The molecule has 294 valence electrons. The van der Waals surface area contributed by atoms with Crippen LogP contribution in [0.3, 0.4) is 0 Å². The van der Waals surface area contributed by atoms with E-state index in [1.165, 1.54) is 88.4 Å². The minimum Gasteiger partial charge on any atom is -0.497 e. The van der Waals surface area contributed by atoms with Gasteiger partial charge < -0.3 is 18.9 Å². The number of benzene rings is 5. The summed E-state index contributed by atoms with van der Waals surface area (Å²) in [6, 6.07) is 31.2. The van der Waals surface area contributed by atoms with E-state index in [1.807, 2.05) is 12.1 Å². The van der Waals surface area contributed by atoms with Crippen LogP contribution in [0.25, 0.3) is 28.0 Å². The highest BCUT2D eigenvalue weighted by molar-refractivity contribution is 6.08. The van der Waals surface area contributed by atoms with Gasteiger partial charge in [0.15, 0.2) is 5.60 Å². The number of hydrogen-bond donors (Lipinski definition) is 0. The summed E-state index contributed by atoms with van der Waals surface area (Å²) < 4.78 is 26.3. The maximum absolute atomic E-state index is 7.69. The van der Waals surface area contributed by atoms with E-state index >= 15 is 0 Å². The standard InChI is InChI=1S/C52H62O4/c1-7-9-11-13-31-54-33-29-51(30-34-55-32-14-12-10-8-2)47-36-39(5)18-26-44(47)48-43-25-17-38(4)35-46(43)50-45(49(48)51)27-28-52(56-50,40-19-15-37(3)16-20-40)41-21-23-42(53-6)24-22-41/h15-28,35-36H,7-14,29-34H2,1-6H3. The summed E-state index contributed by atoms with van der Waals surface area (Å²) in [5.74, 6) is 1.76. The second-order valence-electron chi connectivity index (χ2n) is 16.3. The summed E-state index contributed by atoms with van der Waals surface area (Å²) in [7, 11) is 1.72. The van der Waals surface area contributed by atoms with Crippen LogP contribution in [0.1, 0.15) is 123 Å². The zero-order valence-electron chi connectivity index (χ0n) is 34.8. The third-order valence-electron chi connectivity index (χ3n) is 12.3. The first-order valence-electron chi connectivity index (χ1n) is 21.3. The first-order chi connectivity index (χ1) is 27.3. The van der Waals surface area contributed by atoms with Gasteiger partial charge in [-0.2, -0.15) is 0 Å². The largest absolute Gasteiger partial charge is 0.497 e. The van der Waals surface area contributed by atoms with Crippen LogP contribution in [0.5, 0.6) is 11.5 Å². The average molecular weight is 751 g/mol. The summed E-state index contributed by atoms with van der Waals surface area (Å²) in [5, 5.41) is 2.38. The molecule has 4 nitrogen and oxygen atoms in total. The number of ether oxygens (including phenoxy) is 4. The van der Waals surface area contributed by atoms with Crippen LogP contribution >= 0.6 is 0 Å². The molecule has 0 radical (unpaired) electrons. The zero-order chi connectivity index (χ0) is 39.1. The first kappa shape index (κ1) is 39.8. The molecule has 0 bridgehead atoms. The molecule has 0 N–H and O–H groups in total. The van der Waals surface area contributed by atoms with Crippen LogP contribution in [0, 0.1) is 20.8 Å². The second-order valence-corrected chi connectivity index (χ2v) is 16.3. The minimum absolute atomic E-state index is 0.315. The molecule has 1 atom stereocenters. The van der Waals surface area contributed by atoms with Crippen molar-refractivity contribution in [1.29, 1.82) is 0 Å². The monoisotopic (exact) mass is 750 g/mol. The molecular formula is C52H62O4. The highest BCUT2D eigenvalue weighted by Gasteiger charge is 2.48. The van der Waals surface area contributed by atoms with Gasteiger partial charge in [-0.05, 0) is 98.4 Å². The van der Waals surface area contributed by atoms with Gasteiger partial charge in [0, 0.05) is 53.9 Å². The summed E-state index contributed by atoms with van der Waals surface area (Å²) in [4.78, 5) is 0. The lowest BCUT2D eigenvalue weighted by Gasteiger charge is -2.40. The van der Waals surface area contributed by atoms with E-state index in [4.69, 9.17) is 18.9 Å². The third-order valence-corrected chi connectivity index (χ3v) is 12.3. The Bertz CT molecular complexity index is 2110. The Balaban J connectivity index is 1.42. The summed E-state index contributed by atoms with van der Waals surface area (Å²) in [6.45, 7) is 14.1. The Hall–Kier alpha value is -4.38. The molecule has 5 aromatic rings. The SMILES string of the molecule is CCCCCCOCCC1(CCOCCCCCC)c2cc(C)ccc2-c2c1c1c(c3cc(C)ccc23)OC(c2ccc(C)cc2)(c2ccc(OC)cc2)C=C1. The van der Waals surface area contributed by atoms with E-state index in [0.29, 0.717) is 13.2 Å². The quantitative estimate of drug-likeness (QED) is 0.0788. The number of fused-ring (bicyclic) bond motifs is 8. The molecule has 0 amide bonds. The second kappa shape index (κ2) is 17.8. The lowest BCUT2D eigenvalue weighted by atomic mass is 9.70. The maximum atomic E-state index is 7.69. The van der Waals surface area contributed by atoms with Crippen molar-refractivity contribution in [2.24, 2.45) is 0 Å². The lowest BCUT2D eigenvalue weighted by Crippen LogP contribution is -2.36. The van der Waals surface area contributed by atoms with E-state index < -0.39 is 5.60 Å². The molecule has 5 aromatic carbocycles. The third kappa shape index (κ3) is 7.80. The van der Waals surface area contributed by atoms with Gasteiger partial charge in [0.05, 0.1) is 7.11 Å². The predicted octanol–water partition coefficient (Wildman–Crippen LogP) is 13.4. The van der Waals surface area contributed by atoms with E-state index in [1.54, 1.807) is 7.11 Å². The highest BCUT2D eigenvalue weighted by atomic mass is 16.5. The Morgan fingerprint density at radius 2 is 1.18 bits per heavy atom. The molecule has 1 aliphatic carbocycles. The van der Waals surface area contributed by atoms with E-state index in [-0.39, 0.29) is 5.41 Å². The van der Waals surface area contributed by atoms with Gasteiger partial charge in [-0.25, -0.2) is 0 Å². The van der Waals surface area contributed by atoms with Gasteiger partial charge in [0.25, 0.3) is 0 Å². The molecule has 0 fully saturated rings. The molecule has 4 heteroatoms. The number of aryl methyl sites for hydroxylation is 3. The summed E-state index contributed by atoms with van der Waals surface area (Å²) >= 11 is 0. The van der Waals surface area contributed by atoms with Gasteiger partial charge in [0.2, 0.25) is 0 Å². The van der Waals surface area contributed by atoms with Gasteiger partial charge >= 0.3 is 0 Å². The van der Waals surface area contributed by atoms with E-state index in [9.17, 15) is 0 Å². The number of unbranched alkanes of at least 4 members (excludes halogenated alkanes) is 6. The molecule has 0 saturated carbocycles. The Kier molecular flexibility index (Phi) is 12.7. The smallest absolute Gasteiger partial charge is 0.178 e. The number of methoxy groups -OCH3 is 1. The Morgan fingerprint density at radius 1 is 0.589 bits per heavy atom. The van der Waals surface area contributed by atoms with Crippen molar-refractivity contribution in [2.45, 2.75) is 110 Å². The maximum Gasteiger partial charge on any atom is 0.178 e. The van der Waals surface area contributed by atoms with Crippen LogP contribution in [-0.2, 0) is 20.5 Å². The van der Waals surface area contributed by atoms with Crippen LogP contribution in [0.4, 0.5) is 0 Å². The lowest BCUT2D eigenvalue weighted by molar-refractivity contribution is 0.0914. The van der Waals surface area contributed by atoms with Crippen molar-refractivity contribution in [3.63, 3.8) is 0 Å². The van der Waals surface area contributed by atoms with Crippen LogP contribution in [0.15, 0.2) is 91.0 Å². The zero-order valence-corrected chi connectivity index (χ0v) is 34.8. The van der Waals surface area contributed by atoms with Gasteiger partial charge in [-0.15, -0.1) is 0 Å². The molecule has 0 aromatic heterocycles. The van der Waals surface area contributed by atoms with E-state index in [2.05, 4.69) is 120 Å². The number of rotatable bonds is 19. The summed E-state index contributed by atoms with van der Waals surface area (Å²) in [6.07, 6.45) is 16.1. The molecule has 2 aliphatic rings. The van der Waals surface area contributed by atoms with Gasteiger partial charge in [-0.1, -0.05) is 142 Å². The van der Waals surface area contributed by atoms with Crippen LogP contribution in [0.2, 0.25) is 0 Å². The van der Waals surface area contributed by atoms with Crippen molar-refractivity contribution < 1.29 is 18.9 Å². The topological polar surface area (TPSA) is 36.9 Å². The van der Waals surface area contributed by atoms with Crippen molar-refractivity contribution >= 4 is 16.8 Å². The molecule has 1 unspecified atom stereocenters.